The van der Waals surface area contributed by atoms with Gasteiger partial charge in [0.2, 0.25) is 5.91 Å². The second-order valence-corrected chi connectivity index (χ2v) is 17.0. The average Bonchev–Trinajstić information content (AvgIpc) is 2.97. The smallest absolute Gasteiger partial charge is 0.229 e. The van der Waals surface area contributed by atoms with Crippen LogP contribution in [0.25, 0.3) is 0 Å². The van der Waals surface area contributed by atoms with E-state index in [1.54, 1.807) is 0 Å². The molecule has 3 nitrogen and oxygen atoms in total. The summed E-state index contributed by atoms with van der Waals surface area (Å²) in [6.45, 7) is 16.4. The van der Waals surface area contributed by atoms with Crippen molar-refractivity contribution in [2.45, 2.75) is 103 Å². The maximum absolute atomic E-state index is 13.5. The molecule has 1 saturated carbocycles. The third-order valence-corrected chi connectivity index (χ3v) is 13.5. The summed E-state index contributed by atoms with van der Waals surface area (Å²) in [5, 5.41) is 1.61. The molecule has 1 aromatic carbocycles. The van der Waals surface area contributed by atoms with E-state index >= 15 is 0 Å². The molecule has 1 amide bonds. The molecule has 1 aliphatic heterocycles. The Balaban J connectivity index is 1.61. The minimum absolute atomic E-state index is 0.234. The van der Waals surface area contributed by atoms with Crippen molar-refractivity contribution in [3.8, 4) is 0 Å². The lowest BCUT2D eigenvalue weighted by Crippen LogP contribution is -2.47. The lowest BCUT2D eigenvalue weighted by molar-refractivity contribution is -0.138. The van der Waals surface area contributed by atoms with Gasteiger partial charge in [-0.05, 0) is 80.8 Å². The highest BCUT2D eigenvalue weighted by atomic mass is 35.5. The minimum atomic E-state index is -1.74. The van der Waals surface area contributed by atoms with Gasteiger partial charge in [0.15, 0.2) is 8.32 Å². The number of rotatable bonds is 5. The normalized spacial score (nSPS) is 27.8. The molecular formula is C25H39Cl2NO2Si. The molecule has 1 saturated heterocycles. The van der Waals surface area contributed by atoms with E-state index < -0.39 is 13.7 Å². The molecule has 0 aromatic heterocycles. The highest BCUT2D eigenvalue weighted by molar-refractivity contribution is 6.74. The molecule has 1 aromatic rings. The number of hydrogen-bond acceptors (Lipinski definition) is 2. The van der Waals surface area contributed by atoms with Gasteiger partial charge in [0.25, 0.3) is 0 Å². The van der Waals surface area contributed by atoms with Crippen LogP contribution in [-0.4, -0.2) is 37.8 Å². The summed E-state index contributed by atoms with van der Waals surface area (Å²) in [6, 6.07) is 4.21. The van der Waals surface area contributed by atoms with Gasteiger partial charge in [-0.1, -0.05) is 57.0 Å². The molecule has 2 aliphatic rings. The summed E-state index contributed by atoms with van der Waals surface area (Å²) >= 11 is 12.8. The highest BCUT2D eigenvalue weighted by Gasteiger charge is 2.46. The molecule has 6 heteroatoms. The topological polar surface area (TPSA) is 29.5 Å². The van der Waals surface area contributed by atoms with Crippen LogP contribution in [0.5, 0.6) is 0 Å². The number of hydrogen-bond donors (Lipinski definition) is 0. The van der Waals surface area contributed by atoms with Gasteiger partial charge >= 0.3 is 0 Å². The monoisotopic (exact) mass is 483 g/mol. The lowest BCUT2D eigenvalue weighted by atomic mass is 9.81. The molecule has 1 unspecified atom stereocenters. The van der Waals surface area contributed by atoms with Crippen LogP contribution in [0.2, 0.25) is 28.2 Å². The summed E-state index contributed by atoms with van der Waals surface area (Å²) in [7, 11) is -1.74. The van der Waals surface area contributed by atoms with Gasteiger partial charge in [-0.3, -0.25) is 4.79 Å². The van der Waals surface area contributed by atoms with Gasteiger partial charge in [-0.25, -0.2) is 0 Å². The summed E-state index contributed by atoms with van der Waals surface area (Å²) in [5.74, 6) is 0.282. The second kappa shape index (κ2) is 9.00. The van der Waals surface area contributed by atoms with E-state index in [1.165, 1.54) is 0 Å². The van der Waals surface area contributed by atoms with Gasteiger partial charge < -0.3 is 9.33 Å². The molecule has 0 bridgehead atoms. The predicted octanol–water partition coefficient (Wildman–Crippen LogP) is 7.42. The molecule has 0 N–H and O–H groups in total. The Labute approximate surface area is 199 Å². The SMILES string of the molecule is Cc1c(Cl)ccc(CC2(C)CCN(C3CCC(O[Si](C)(C)C(C)(C)C)CC3)C2=O)c1Cl. The number of benzene rings is 1. The fourth-order valence-electron chi connectivity index (χ4n) is 4.78. The average molecular weight is 485 g/mol. The molecule has 1 heterocycles. The van der Waals surface area contributed by atoms with E-state index in [0.717, 1.165) is 49.8 Å². The van der Waals surface area contributed by atoms with Crippen LogP contribution in [0.4, 0.5) is 0 Å². The molecule has 31 heavy (non-hydrogen) atoms. The number of amides is 1. The zero-order chi connectivity index (χ0) is 23.2. The van der Waals surface area contributed by atoms with Crippen molar-refractivity contribution in [1.82, 2.24) is 4.90 Å². The Hall–Kier alpha value is -0.553. The largest absolute Gasteiger partial charge is 0.414 e. The van der Waals surface area contributed by atoms with E-state index in [9.17, 15) is 4.79 Å². The Morgan fingerprint density at radius 1 is 1.16 bits per heavy atom. The van der Waals surface area contributed by atoms with Crippen LogP contribution in [0, 0.1) is 12.3 Å². The van der Waals surface area contributed by atoms with Crippen LogP contribution < -0.4 is 0 Å². The van der Waals surface area contributed by atoms with Gasteiger partial charge in [-0.2, -0.15) is 0 Å². The van der Waals surface area contributed by atoms with Crippen molar-refractivity contribution in [2.24, 2.45) is 5.41 Å². The number of likely N-dealkylation sites (tertiary alicyclic amines) is 1. The summed E-state index contributed by atoms with van der Waals surface area (Å²) in [6.07, 6.45) is 6.09. The number of halogens is 2. The lowest BCUT2D eigenvalue weighted by Gasteiger charge is -2.42. The quantitative estimate of drug-likeness (QED) is 0.407. The maximum Gasteiger partial charge on any atom is 0.229 e. The van der Waals surface area contributed by atoms with Gasteiger partial charge in [-0.15, -0.1) is 0 Å². The zero-order valence-corrected chi connectivity index (χ0v) is 22.8. The number of nitrogens with zero attached hydrogens (tertiary/aromatic N) is 1. The Kier molecular flexibility index (Phi) is 7.28. The molecule has 1 aliphatic carbocycles. The molecule has 0 spiro atoms. The first-order valence-electron chi connectivity index (χ1n) is 11.7. The van der Waals surface area contributed by atoms with Gasteiger partial charge in [0.1, 0.15) is 0 Å². The Morgan fingerprint density at radius 2 is 1.77 bits per heavy atom. The van der Waals surface area contributed by atoms with Crippen LogP contribution in [0.1, 0.15) is 70.9 Å². The van der Waals surface area contributed by atoms with Gasteiger partial charge in [0.05, 0.1) is 5.41 Å². The van der Waals surface area contributed by atoms with E-state index in [2.05, 4.69) is 45.7 Å². The summed E-state index contributed by atoms with van der Waals surface area (Å²) < 4.78 is 6.64. The number of carbonyl (C=O) groups excluding carboxylic acids is 1. The highest BCUT2D eigenvalue weighted by Crippen LogP contribution is 2.42. The molecular weight excluding hydrogens is 445 g/mol. The molecule has 1 atom stereocenters. The maximum atomic E-state index is 13.5. The molecule has 174 valence electrons. The van der Waals surface area contributed by atoms with Crippen LogP contribution >= 0.6 is 23.2 Å². The fraction of sp³-hybridized carbons (Fsp3) is 0.720. The first-order chi connectivity index (χ1) is 14.2. The van der Waals surface area contributed by atoms with Crippen LogP contribution in [-0.2, 0) is 15.6 Å². The Morgan fingerprint density at radius 3 is 2.35 bits per heavy atom. The van der Waals surface area contributed by atoms with Crippen molar-refractivity contribution < 1.29 is 9.22 Å². The third-order valence-electron chi connectivity index (χ3n) is 8.01. The van der Waals surface area contributed by atoms with Crippen LogP contribution in [0.15, 0.2) is 12.1 Å². The summed E-state index contributed by atoms with van der Waals surface area (Å²) in [4.78, 5) is 15.6. The van der Waals surface area contributed by atoms with E-state index in [0.29, 0.717) is 28.6 Å². The molecule has 3 rings (SSSR count). The van der Waals surface area contributed by atoms with E-state index in [4.69, 9.17) is 27.6 Å². The zero-order valence-electron chi connectivity index (χ0n) is 20.3. The molecule has 0 radical (unpaired) electrons. The van der Waals surface area contributed by atoms with Crippen molar-refractivity contribution in [3.05, 3.63) is 33.3 Å². The first kappa shape index (κ1) is 25.1. The van der Waals surface area contributed by atoms with E-state index in [-0.39, 0.29) is 10.9 Å². The first-order valence-corrected chi connectivity index (χ1v) is 15.3. The number of carbonyl (C=O) groups is 1. The van der Waals surface area contributed by atoms with Crippen molar-refractivity contribution in [3.63, 3.8) is 0 Å². The standard InChI is InChI=1S/C25H39Cl2NO2Si/c1-17-21(26)13-8-18(22(17)27)16-25(5)14-15-28(23(25)29)19-9-11-20(12-10-19)30-31(6,7)24(2,3)4/h8,13,19-20H,9-12,14-16H2,1-7H3. The van der Waals surface area contributed by atoms with Crippen LogP contribution in [0.3, 0.4) is 0 Å². The second-order valence-electron chi connectivity index (χ2n) is 11.4. The van der Waals surface area contributed by atoms with Crippen molar-refractivity contribution in [1.29, 1.82) is 0 Å². The van der Waals surface area contributed by atoms with Crippen molar-refractivity contribution >= 4 is 37.4 Å². The third kappa shape index (κ3) is 5.18. The predicted molar refractivity (Wildman–Crippen MR) is 134 cm³/mol. The van der Waals surface area contributed by atoms with Crippen molar-refractivity contribution in [2.75, 3.05) is 6.54 Å². The fourth-order valence-corrected chi connectivity index (χ4v) is 6.64. The summed E-state index contributed by atoms with van der Waals surface area (Å²) in [5.41, 5.74) is 1.53. The van der Waals surface area contributed by atoms with Gasteiger partial charge in [0, 0.05) is 28.7 Å². The Bertz CT molecular complexity index is 828. The molecule has 2 fully saturated rings. The van der Waals surface area contributed by atoms with E-state index in [1.807, 2.05) is 19.1 Å². The minimum Gasteiger partial charge on any atom is -0.414 e.